The normalized spacial score (nSPS) is 10.1. The van der Waals surface area contributed by atoms with Crippen molar-refractivity contribution < 1.29 is 14.7 Å². The number of halogens is 1. The van der Waals surface area contributed by atoms with Gasteiger partial charge in [0.05, 0.1) is 10.6 Å². The Bertz CT molecular complexity index is 606. The Morgan fingerprint density at radius 3 is 2.33 bits per heavy atom. The van der Waals surface area contributed by atoms with Gasteiger partial charge >= 0.3 is 5.97 Å². The van der Waals surface area contributed by atoms with Crippen LogP contribution in [0.15, 0.2) is 42.5 Å². The molecule has 90 valence electrons. The van der Waals surface area contributed by atoms with Crippen LogP contribution in [0.5, 0.6) is 0 Å². The molecule has 0 unspecified atom stereocenters. The fourth-order valence-electron chi connectivity index (χ4n) is 1.80. The monoisotopic (exact) mass is 260 g/mol. The summed E-state index contributed by atoms with van der Waals surface area (Å²) in [5, 5.41) is 9.17. The van der Waals surface area contributed by atoms with E-state index in [1.807, 2.05) is 30.3 Å². The molecule has 0 aromatic heterocycles. The van der Waals surface area contributed by atoms with Crippen molar-refractivity contribution in [3.05, 3.63) is 58.6 Å². The number of carbonyl (C=O) groups excluding carboxylic acids is 1. The smallest absolute Gasteiger partial charge is 0.337 e. The number of aldehydes is 1. The topological polar surface area (TPSA) is 54.4 Å². The van der Waals surface area contributed by atoms with Crippen molar-refractivity contribution in [2.75, 3.05) is 0 Å². The molecular formula is C14H9ClO3. The van der Waals surface area contributed by atoms with Gasteiger partial charge in [-0.1, -0.05) is 48.0 Å². The van der Waals surface area contributed by atoms with E-state index in [0.29, 0.717) is 11.8 Å². The van der Waals surface area contributed by atoms with E-state index in [4.69, 9.17) is 16.7 Å². The first-order valence-corrected chi connectivity index (χ1v) is 5.59. The zero-order chi connectivity index (χ0) is 13.1. The summed E-state index contributed by atoms with van der Waals surface area (Å²) < 4.78 is 0. The van der Waals surface area contributed by atoms with Crippen LogP contribution in [-0.4, -0.2) is 17.4 Å². The Balaban J connectivity index is 2.74. The maximum Gasteiger partial charge on any atom is 0.337 e. The molecular weight excluding hydrogens is 252 g/mol. The molecule has 0 saturated heterocycles. The van der Waals surface area contributed by atoms with Gasteiger partial charge in [0.1, 0.15) is 0 Å². The van der Waals surface area contributed by atoms with Gasteiger partial charge in [-0.15, -0.1) is 0 Å². The van der Waals surface area contributed by atoms with Crippen LogP contribution in [0.1, 0.15) is 20.7 Å². The molecule has 0 radical (unpaired) electrons. The molecule has 0 spiro atoms. The molecule has 0 fully saturated rings. The van der Waals surface area contributed by atoms with Crippen molar-refractivity contribution >= 4 is 23.9 Å². The minimum Gasteiger partial charge on any atom is -0.478 e. The first kappa shape index (κ1) is 12.3. The second-order valence-corrected chi connectivity index (χ2v) is 4.08. The third-order valence-corrected chi connectivity index (χ3v) is 2.93. The molecule has 2 aromatic carbocycles. The van der Waals surface area contributed by atoms with E-state index in [1.54, 1.807) is 6.07 Å². The third kappa shape index (κ3) is 2.13. The van der Waals surface area contributed by atoms with Gasteiger partial charge in [0.15, 0.2) is 6.29 Å². The summed E-state index contributed by atoms with van der Waals surface area (Å²) in [5.74, 6) is -1.21. The number of benzene rings is 2. The lowest BCUT2D eigenvalue weighted by Gasteiger charge is -2.09. The van der Waals surface area contributed by atoms with Crippen LogP contribution in [0.25, 0.3) is 11.1 Å². The number of aromatic carboxylic acids is 1. The maximum absolute atomic E-state index is 11.2. The van der Waals surface area contributed by atoms with E-state index in [2.05, 4.69) is 0 Å². The zero-order valence-corrected chi connectivity index (χ0v) is 10.0. The average Bonchev–Trinajstić information content (AvgIpc) is 2.38. The minimum absolute atomic E-state index is 0.0595. The largest absolute Gasteiger partial charge is 0.478 e. The van der Waals surface area contributed by atoms with E-state index in [9.17, 15) is 9.59 Å². The van der Waals surface area contributed by atoms with Gasteiger partial charge in [0.25, 0.3) is 0 Å². The summed E-state index contributed by atoms with van der Waals surface area (Å²) in [6.45, 7) is 0. The maximum atomic E-state index is 11.2. The number of rotatable bonds is 3. The van der Waals surface area contributed by atoms with E-state index in [0.717, 1.165) is 5.56 Å². The average molecular weight is 261 g/mol. The number of carbonyl (C=O) groups is 2. The van der Waals surface area contributed by atoms with Crippen LogP contribution in [0, 0.1) is 0 Å². The molecule has 2 aromatic rings. The number of carboxylic acids is 1. The lowest BCUT2D eigenvalue weighted by molar-refractivity contribution is 0.0694. The van der Waals surface area contributed by atoms with Gasteiger partial charge in [0, 0.05) is 5.56 Å². The van der Waals surface area contributed by atoms with Crippen LogP contribution in [0.2, 0.25) is 5.02 Å². The molecule has 0 amide bonds. The van der Waals surface area contributed by atoms with Gasteiger partial charge in [-0.25, -0.2) is 4.79 Å². The van der Waals surface area contributed by atoms with Crippen molar-refractivity contribution in [1.82, 2.24) is 0 Å². The Hall–Kier alpha value is -2.13. The highest BCUT2D eigenvalue weighted by molar-refractivity contribution is 6.34. The molecule has 0 saturated carbocycles. The Kier molecular flexibility index (Phi) is 3.44. The minimum atomic E-state index is -1.21. The Morgan fingerprint density at radius 2 is 1.78 bits per heavy atom. The molecule has 0 bridgehead atoms. The van der Waals surface area contributed by atoms with Gasteiger partial charge in [-0.05, 0) is 17.2 Å². The molecule has 18 heavy (non-hydrogen) atoms. The number of carboxylic acid groups (broad SMARTS) is 1. The van der Waals surface area contributed by atoms with Gasteiger partial charge in [-0.3, -0.25) is 4.79 Å². The predicted octanol–water partition coefficient (Wildman–Crippen LogP) is 3.52. The standard InChI is InChI=1S/C14H9ClO3/c15-12-7-6-10(9-4-2-1-3-5-9)11(8-16)13(12)14(17)18/h1-8H,(H,17,18). The second-order valence-electron chi connectivity index (χ2n) is 3.67. The van der Waals surface area contributed by atoms with Gasteiger partial charge < -0.3 is 5.11 Å². The van der Waals surface area contributed by atoms with Crippen LogP contribution < -0.4 is 0 Å². The summed E-state index contributed by atoms with van der Waals surface area (Å²) in [5.41, 5.74) is 1.28. The number of hydrogen-bond donors (Lipinski definition) is 1. The molecule has 0 aliphatic rings. The molecule has 1 N–H and O–H groups in total. The molecule has 4 heteroatoms. The summed E-state index contributed by atoms with van der Waals surface area (Å²) >= 11 is 5.82. The highest BCUT2D eigenvalue weighted by Crippen LogP contribution is 2.29. The summed E-state index contributed by atoms with van der Waals surface area (Å²) in [4.78, 5) is 22.3. The van der Waals surface area contributed by atoms with Gasteiger partial charge in [-0.2, -0.15) is 0 Å². The van der Waals surface area contributed by atoms with Gasteiger partial charge in [0.2, 0.25) is 0 Å². The summed E-state index contributed by atoms with van der Waals surface area (Å²) in [6.07, 6.45) is 0.525. The Morgan fingerprint density at radius 1 is 1.11 bits per heavy atom. The second kappa shape index (κ2) is 5.02. The highest BCUT2D eigenvalue weighted by Gasteiger charge is 2.18. The SMILES string of the molecule is O=Cc1c(-c2ccccc2)ccc(Cl)c1C(=O)O. The molecule has 0 aliphatic carbocycles. The van der Waals surface area contributed by atoms with Crippen LogP contribution >= 0.6 is 11.6 Å². The summed E-state index contributed by atoms with van der Waals surface area (Å²) in [7, 11) is 0. The Labute approximate surface area is 109 Å². The zero-order valence-electron chi connectivity index (χ0n) is 9.26. The highest BCUT2D eigenvalue weighted by atomic mass is 35.5. The molecule has 0 heterocycles. The molecule has 3 nitrogen and oxygen atoms in total. The van der Waals surface area contributed by atoms with Crippen LogP contribution in [0.4, 0.5) is 0 Å². The lowest BCUT2D eigenvalue weighted by atomic mass is 9.96. The molecule has 0 aliphatic heterocycles. The lowest BCUT2D eigenvalue weighted by Crippen LogP contribution is -2.04. The predicted molar refractivity (Wildman–Crippen MR) is 69.2 cm³/mol. The van der Waals surface area contributed by atoms with Crippen molar-refractivity contribution in [2.45, 2.75) is 0 Å². The van der Waals surface area contributed by atoms with Crippen molar-refractivity contribution in [3.63, 3.8) is 0 Å². The number of hydrogen-bond acceptors (Lipinski definition) is 2. The van der Waals surface area contributed by atoms with E-state index in [1.165, 1.54) is 6.07 Å². The molecule has 0 atom stereocenters. The van der Waals surface area contributed by atoms with Crippen molar-refractivity contribution in [3.8, 4) is 11.1 Å². The first-order valence-electron chi connectivity index (χ1n) is 5.21. The van der Waals surface area contributed by atoms with Crippen molar-refractivity contribution in [1.29, 1.82) is 0 Å². The van der Waals surface area contributed by atoms with E-state index < -0.39 is 5.97 Å². The fourth-order valence-corrected chi connectivity index (χ4v) is 2.05. The quantitative estimate of drug-likeness (QED) is 0.859. The van der Waals surface area contributed by atoms with Crippen LogP contribution in [0.3, 0.4) is 0 Å². The third-order valence-electron chi connectivity index (χ3n) is 2.61. The summed E-state index contributed by atoms with van der Waals surface area (Å²) in [6, 6.07) is 12.2. The van der Waals surface area contributed by atoms with E-state index in [-0.39, 0.29) is 16.1 Å². The van der Waals surface area contributed by atoms with E-state index >= 15 is 0 Å². The molecule has 2 rings (SSSR count). The van der Waals surface area contributed by atoms with Crippen LogP contribution in [-0.2, 0) is 0 Å². The fraction of sp³-hybridized carbons (Fsp3) is 0. The van der Waals surface area contributed by atoms with Crippen molar-refractivity contribution in [2.24, 2.45) is 0 Å². The first-order chi connectivity index (χ1) is 8.65.